The van der Waals surface area contributed by atoms with Crippen molar-refractivity contribution >= 4 is 29.4 Å². The minimum absolute atomic E-state index is 0. The quantitative estimate of drug-likeness (QED) is 0.376. The molecule has 0 aliphatic heterocycles. The van der Waals surface area contributed by atoms with E-state index in [1.165, 1.54) is 30.0 Å². The molecule has 6 nitrogen and oxygen atoms in total. The monoisotopic (exact) mass is 396 g/mol. The van der Waals surface area contributed by atoms with Gasteiger partial charge in [0.15, 0.2) is 5.78 Å². The molecule has 1 aliphatic rings. The van der Waals surface area contributed by atoms with Gasteiger partial charge in [-0.25, -0.2) is 0 Å². The molecule has 0 spiro atoms. The van der Waals surface area contributed by atoms with E-state index in [4.69, 9.17) is 5.73 Å². The van der Waals surface area contributed by atoms with Crippen molar-refractivity contribution < 1.29 is 49.0 Å². The number of amides is 1. The normalized spacial score (nSPS) is 19.4. The molecule has 0 saturated heterocycles. The van der Waals surface area contributed by atoms with E-state index in [1.807, 2.05) is 6.26 Å². The van der Waals surface area contributed by atoms with Crippen LogP contribution in [0.15, 0.2) is 54.3 Å². The molecule has 0 bridgehead atoms. The summed E-state index contributed by atoms with van der Waals surface area (Å²) in [4.78, 5) is 36.4. The zero-order valence-corrected chi connectivity index (χ0v) is 18.3. The number of carbonyl (C=O) groups excluding carboxylic acids is 3. The summed E-state index contributed by atoms with van der Waals surface area (Å²) < 4.78 is 0. The number of rotatable bonds is 8. The van der Waals surface area contributed by atoms with Crippen molar-refractivity contribution in [2.24, 2.45) is 11.1 Å². The summed E-state index contributed by atoms with van der Waals surface area (Å²) in [7, 11) is 0. The predicted molar refractivity (Wildman–Crippen MR) is 99.2 cm³/mol. The summed E-state index contributed by atoms with van der Waals surface area (Å²) in [5.74, 6) is -1.71. The third kappa shape index (κ3) is 5.80. The maximum absolute atomic E-state index is 12.6. The van der Waals surface area contributed by atoms with Crippen LogP contribution in [0.1, 0.15) is 23.2 Å². The number of Topliss-reactive ketones (excluding diaryl/α,β-unsaturated/α-hetero) is 1. The molecular weight excluding hydrogens is 375 g/mol. The second-order valence-corrected chi connectivity index (χ2v) is 7.01. The van der Waals surface area contributed by atoms with Crippen LogP contribution in [0, 0.1) is 5.41 Å². The molecule has 0 fully saturated rings. The maximum atomic E-state index is 12.6. The fourth-order valence-electron chi connectivity index (χ4n) is 2.67. The summed E-state index contributed by atoms with van der Waals surface area (Å²) in [6.07, 6.45) is 6.36. The molecule has 1 aromatic carbocycles. The number of carboxylic acids is 1. The number of carboxylic acid groups (broad SMARTS) is 1. The Kier molecular flexibility index (Phi) is 9.49. The molecule has 138 valence electrons. The van der Waals surface area contributed by atoms with E-state index in [2.05, 4.69) is 5.32 Å². The number of hydrogen-bond donors (Lipinski definition) is 2. The molecule has 2 rings (SSSR count). The van der Waals surface area contributed by atoms with Crippen molar-refractivity contribution in [2.75, 3.05) is 12.0 Å². The van der Waals surface area contributed by atoms with Gasteiger partial charge in [0.1, 0.15) is 0 Å². The van der Waals surface area contributed by atoms with Gasteiger partial charge in [0.25, 0.3) is 5.91 Å². The van der Waals surface area contributed by atoms with E-state index in [1.54, 1.807) is 30.3 Å². The molecule has 0 radical (unpaired) electrons. The first kappa shape index (κ1) is 23.7. The molecule has 27 heavy (non-hydrogen) atoms. The molecule has 1 unspecified atom stereocenters. The summed E-state index contributed by atoms with van der Waals surface area (Å²) in [5.41, 5.74) is 4.99. The van der Waals surface area contributed by atoms with Crippen molar-refractivity contribution in [2.45, 2.75) is 18.9 Å². The fraction of sp³-hybridized carbons (Fsp3) is 0.316. The Labute approximate surface area is 184 Å². The SMILES string of the molecule is CSCC[C@H](N)C(=O)C1(C(=O)[O-])C=CC(NC(=O)c2ccccc2)=CC1.[Na+]. The van der Waals surface area contributed by atoms with Gasteiger partial charge in [0.2, 0.25) is 0 Å². The van der Waals surface area contributed by atoms with Crippen LogP contribution in [0.25, 0.3) is 0 Å². The molecule has 8 heteroatoms. The van der Waals surface area contributed by atoms with Gasteiger partial charge < -0.3 is 21.0 Å². The Morgan fingerprint density at radius 3 is 2.48 bits per heavy atom. The summed E-state index contributed by atoms with van der Waals surface area (Å²) in [6, 6.07) is 7.76. The maximum Gasteiger partial charge on any atom is 1.00 e. The van der Waals surface area contributed by atoms with E-state index >= 15 is 0 Å². The third-order valence-electron chi connectivity index (χ3n) is 4.26. The topological polar surface area (TPSA) is 112 Å². The average molecular weight is 396 g/mol. The van der Waals surface area contributed by atoms with Gasteiger partial charge in [-0.1, -0.05) is 30.4 Å². The van der Waals surface area contributed by atoms with Crippen molar-refractivity contribution in [1.82, 2.24) is 5.32 Å². The van der Waals surface area contributed by atoms with E-state index < -0.39 is 23.2 Å². The molecule has 0 heterocycles. The number of hydrogen-bond acceptors (Lipinski definition) is 6. The van der Waals surface area contributed by atoms with Crippen LogP contribution >= 0.6 is 11.8 Å². The number of thioether (sulfide) groups is 1. The molecule has 1 aliphatic carbocycles. The van der Waals surface area contributed by atoms with Crippen LogP contribution in [0.5, 0.6) is 0 Å². The Morgan fingerprint density at radius 2 is 1.96 bits per heavy atom. The van der Waals surface area contributed by atoms with Crippen LogP contribution in [0.4, 0.5) is 0 Å². The third-order valence-corrected chi connectivity index (χ3v) is 4.90. The van der Waals surface area contributed by atoms with Crippen molar-refractivity contribution in [3.8, 4) is 0 Å². The van der Waals surface area contributed by atoms with E-state index in [0.29, 0.717) is 23.4 Å². The number of ketones is 1. The van der Waals surface area contributed by atoms with Crippen LogP contribution in [-0.4, -0.2) is 35.7 Å². The van der Waals surface area contributed by atoms with Gasteiger partial charge in [0.05, 0.1) is 17.4 Å². The van der Waals surface area contributed by atoms with Crippen molar-refractivity contribution in [3.63, 3.8) is 0 Å². The average Bonchev–Trinajstić information content (AvgIpc) is 2.66. The molecule has 3 N–H and O–H groups in total. The summed E-state index contributed by atoms with van der Waals surface area (Å²) >= 11 is 1.53. The summed E-state index contributed by atoms with van der Waals surface area (Å²) in [6.45, 7) is 0. The standard InChI is InChI=1S/C19H22N2O4S.Na/c1-26-12-9-15(20)16(22)19(18(24)25)10-7-14(8-11-19)21-17(23)13-5-3-2-4-6-13;/h2-8,10,15H,9,11-12,20H2,1H3,(H,21,23)(H,24,25);/q;+1/p-1/t15-,19?;/m0./s1. The number of allylic oxidation sites excluding steroid dienone is 2. The number of benzene rings is 1. The molecule has 1 amide bonds. The largest absolute Gasteiger partial charge is 1.00 e. The molecule has 0 saturated carbocycles. The fourth-order valence-corrected chi connectivity index (χ4v) is 3.16. The molecule has 0 aromatic heterocycles. The van der Waals surface area contributed by atoms with Gasteiger partial charge in [-0.3, -0.25) is 9.59 Å². The second-order valence-electron chi connectivity index (χ2n) is 6.03. The first-order valence-electron chi connectivity index (χ1n) is 8.17. The first-order chi connectivity index (χ1) is 12.4. The van der Waals surface area contributed by atoms with E-state index in [-0.39, 0.29) is 41.9 Å². The smallest absolute Gasteiger partial charge is 0.549 e. The Bertz CT molecular complexity index is 751. The number of nitrogens with one attached hydrogen (secondary N) is 1. The number of carbonyl (C=O) groups is 3. The van der Waals surface area contributed by atoms with Gasteiger partial charge in [0, 0.05) is 11.3 Å². The molecule has 1 aromatic rings. The van der Waals surface area contributed by atoms with Crippen molar-refractivity contribution in [3.05, 3.63) is 59.8 Å². The zero-order valence-electron chi connectivity index (χ0n) is 15.4. The zero-order chi connectivity index (χ0) is 19.2. The minimum atomic E-state index is -1.79. The molecule has 2 atom stereocenters. The van der Waals surface area contributed by atoms with Gasteiger partial charge >= 0.3 is 29.6 Å². The second kappa shape index (κ2) is 10.8. The summed E-state index contributed by atoms with van der Waals surface area (Å²) in [5, 5.41) is 14.4. The first-order valence-corrected chi connectivity index (χ1v) is 9.56. The predicted octanol–water partition coefficient (Wildman–Crippen LogP) is -2.35. The van der Waals surface area contributed by atoms with Gasteiger partial charge in [-0.2, -0.15) is 11.8 Å². The van der Waals surface area contributed by atoms with E-state index in [9.17, 15) is 19.5 Å². The van der Waals surface area contributed by atoms with Crippen LogP contribution < -0.4 is 45.7 Å². The van der Waals surface area contributed by atoms with Crippen molar-refractivity contribution in [1.29, 1.82) is 0 Å². The van der Waals surface area contributed by atoms with Gasteiger partial charge in [-0.15, -0.1) is 0 Å². The Morgan fingerprint density at radius 1 is 1.30 bits per heavy atom. The Hall–Kier alpha value is -1.38. The molecular formula is C19H21N2NaO4S. The van der Waals surface area contributed by atoms with Crippen LogP contribution in [-0.2, 0) is 9.59 Å². The Balaban J connectivity index is 0.00000364. The number of aliphatic carboxylic acids is 1. The minimum Gasteiger partial charge on any atom is -0.549 e. The van der Waals surface area contributed by atoms with Crippen LogP contribution in [0.2, 0.25) is 0 Å². The van der Waals surface area contributed by atoms with E-state index in [0.717, 1.165) is 0 Å². The number of nitrogens with two attached hydrogens (primary N) is 1. The van der Waals surface area contributed by atoms with Gasteiger partial charge in [-0.05, 0) is 43.1 Å². The van der Waals surface area contributed by atoms with Crippen LogP contribution in [0.3, 0.4) is 0 Å².